The number of rotatable bonds is 20. The van der Waals surface area contributed by atoms with Gasteiger partial charge in [-0.05, 0) is 12.8 Å². The molecule has 36 heavy (non-hydrogen) atoms. The van der Waals surface area contributed by atoms with E-state index in [1.54, 1.807) is 6.08 Å². The van der Waals surface area contributed by atoms with Crippen molar-refractivity contribution >= 4 is 5.91 Å². The molecule has 1 fully saturated rings. The first kappa shape index (κ1) is 33.0. The average molecular weight is 518 g/mol. The van der Waals surface area contributed by atoms with Crippen LogP contribution in [-0.2, 0) is 14.3 Å². The van der Waals surface area contributed by atoms with Crippen LogP contribution in [0.1, 0.15) is 97.3 Å². The van der Waals surface area contributed by atoms with Gasteiger partial charge in [0.2, 0.25) is 5.91 Å². The highest BCUT2D eigenvalue weighted by Gasteiger charge is 2.44. The van der Waals surface area contributed by atoms with Crippen molar-refractivity contribution in [3.8, 4) is 0 Å². The Morgan fingerprint density at radius 2 is 1.53 bits per heavy atom. The molecule has 1 heterocycles. The predicted molar refractivity (Wildman–Crippen MR) is 138 cm³/mol. The van der Waals surface area contributed by atoms with Gasteiger partial charge in [0.25, 0.3) is 0 Å². The Hall–Kier alpha value is -1.07. The van der Waals surface area contributed by atoms with Gasteiger partial charge >= 0.3 is 0 Å². The second-order valence-corrected chi connectivity index (χ2v) is 9.84. The zero-order valence-electron chi connectivity index (χ0n) is 22.3. The molecular formula is C27H51NO8. The summed E-state index contributed by atoms with van der Waals surface area (Å²) >= 11 is 0. The van der Waals surface area contributed by atoms with Gasteiger partial charge in [0.15, 0.2) is 6.29 Å². The summed E-state index contributed by atoms with van der Waals surface area (Å²) in [6, 6.07) is -0.791. The van der Waals surface area contributed by atoms with E-state index in [9.17, 15) is 30.3 Å². The summed E-state index contributed by atoms with van der Waals surface area (Å²) in [5.41, 5.74) is 0. The lowest BCUT2D eigenvalue weighted by atomic mass is 9.99. The van der Waals surface area contributed by atoms with E-state index in [1.165, 1.54) is 44.9 Å². The van der Waals surface area contributed by atoms with Crippen molar-refractivity contribution in [3.63, 3.8) is 0 Å². The Bertz CT molecular complexity index is 588. The Balaban J connectivity index is 2.49. The van der Waals surface area contributed by atoms with Gasteiger partial charge in [-0.1, -0.05) is 90.2 Å². The van der Waals surface area contributed by atoms with Crippen LogP contribution in [0, 0.1) is 0 Å². The molecule has 0 aromatic heterocycles. The van der Waals surface area contributed by atoms with Crippen LogP contribution in [0.15, 0.2) is 12.2 Å². The van der Waals surface area contributed by atoms with Gasteiger partial charge in [0.05, 0.1) is 25.4 Å². The molecule has 0 aliphatic carbocycles. The molecule has 1 amide bonds. The lowest BCUT2D eigenvalue weighted by Gasteiger charge is -2.40. The smallest absolute Gasteiger partial charge is 0.220 e. The van der Waals surface area contributed by atoms with E-state index >= 15 is 0 Å². The van der Waals surface area contributed by atoms with Gasteiger partial charge in [-0.3, -0.25) is 4.79 Å². The number of hydrogen-bond acceptors (Lipinski definition) is 8. The van der Waals surface area contributed by atoms with Crippen LogP contribution in [0.2, 0.25) is 0 Å². The minimum absolute atomic E-state index is 0.190. The summed E-state index contributed by atoms with van der Waals surface area (Å²) in [4.78, 5) is 12.5. The quantitative estimate of drug-likeness (QED) is 0.106. The Morgan fingerprint density at radius 1 is 0.917 bits per heavy atom. The van der Waals surface area contributed by atoms with Crippen molar-refractivity contribution in [1.29, 1.82) is 0 Å². The molecule has 7 atom stereocenters. The molecule has 0 aromatic rings. The number of nitrogens with one attached hydrogen (secondary N) is 1. The normalized spacial score (nSPS) is 26.2. The number of carbonyl (C=O) groups is 1. The molecule has 0 aromatic carbocycles. The van der Waals surface area contributed by atoms with Crippen LogP contribution in [0.3, 0.4) is 0 Å². The molecule has 0 saturated carbocycles. The summed E-state index contributed by atoms with van der Waals surface area (Å²) in [7, 11) is 0. The molecule has 0 bridgehead atoms. The van der Waals surface area contributed by atoms with Gasteiger partial charge in [-0.2, -0.15) is 0 Å². The Morgan fingerprint density at radius 3 is 2.11 bits per heavy atom. The Labute approximate surface area is 216 Å². The lowest BCUT2D eigenvalue weighted by molar-refractivity contribution is -0.302. The standard InChI is InChI=1S/C27H51NO8/c1-3-5-7-8-9-10-11-12-13-15-17-23(31)28-20(21(30)16-14-6-4-2)19-35-27-26(34)25(33)24(32)22(18-29)36-27/h14,16,20-22,24-27,29-30,32-34H,3-13,15,17-19H2,1-2H3,(H,28,31)/b16-14+. The first-order chi connectivity index (χ1) is 17.3. The molecule has 9 nitrogen and oxygen atoms in total. The first-order valence-electron chi connectivity index (χ1n) is 13.9. The fourth-order valence-corrected chi connectivity index (χ4v) is 4.22. The third kappa shape index (κ3) is 12.9. The monoisotopic (exact) mass is 517 g/mol. The molecule has 0 radical (unpaired) electrons. The summed E-state index contributed by atoms with van der Waals surface area (Å²) in [5.74, 6) is -0.195. The van der Waals surface area contributed by atoms with E-state index in [1.807, 2.05) is 13.0 Å². The molecule has 0 spiro atoms. The van der Waals surface area contributed by atoms with E-state index in [-0.39, 0.29) is 12.5 Å². The summed E-state index contributed by atoms with van der Waals surface area (Å²) in [6.45, 7) is 3.48. The maximum absolute atomic E-state index is 12.5. The SMILES string of the molecule is CCC/C=C/C(O)C(COC1OC(CO)C(O)C(O)C1O)NC(=O)CCCCCCCCCCCC. The topological polar surface area (TPSA) is 149 Å². The number of amides is 1. The zero-order valence-corrected chi connectivity index (χ0v) is 22.3. The highest BCUT2D eigenvalue weighted by atomic mass is 16.7. The molecule has 7 unspecified atom stereocenters. The van der Waals surface area contributed by atoms with Crippen LogP contribution in [0.25, 0.3) is 0 Å². The van der Waals surface area contributed by atoms with Crippen molar-refractivity contribution in [1.82, 2.24) is 5.32 Å². The molecule has 1 rings (SSSR count). The largest absolute Gasteiger partial charge is 0.394 e. The number of aliphatic hydroxyl groups excluding tert-OH is 5. The lowest BCUT2D eigenvalue weighted by Crippen LogP contribution is -2.60. The molecule has 6 N–H and O–H groups in total. The van der Waals surface area contributed by atoms with Crippen molar-refractivity contribution in [2.45, 2.75) is 140 Å². The van der Waals surface area contributed by atoms with Crippen LogP contribution in [-0.4, -0.2) is 87.5 Å². The van der Waals surface area contributed by atoms with Crippen LogP contribution in [0.5, 0.6) is 0 Å². The molecule has 9 heteroatoms. The van der Waals surface area contributed by atoms with Gasteiger partial charge in [0, 0.05) is 6.42 Å². The molecular weight excluding hydrogens is 466 g/mol. The number of hydrogen-bond donors (Lipinski definition) is 6. The van der Waals surface area contributed by atoms with Gasteiger partial charge in [-0.25, -0.2) is 0 Å². The highest BCUT2D eigenvalue weighted by Crippen LogP contribution is 2.22. The fraction of sp³-hybridized carbons (Fsp3) is 0.889. The van der Waals surface area contributed by atoms with Gasteiger partial charge in [0.1, 0.15) is 24.4 Å². The summed E-state index contributed by atoms with van der Waals surface area (Å²) < 4.78 is 10.9. The van der Waals surface area contributed by atoms with E-state index in [0.29, 0.717) is 6.42 Å². The highest BCUT2D eigenvalue weighted by molar-refractivity contribution is 5.76. The minimum atomic E-state index is -1.56. The van der Waals surface area contributed by atoms with E-state index in [2.05, 4.69) is 12.2 Å². The fourth-order valence-electron chi connectivity index (χ4n) is 4.22. The van der Waals surface area contributed by atoms with Crippen molar-refractivity contribution < 1.29 is 39.8 Å². The maximum atomic E-state index is 12.5. The minimum Gasteiger partial charge on any atom is -0.394 e. The van der Waals surface area contributed by atoms with Crippen molar-refractivity contribution in [2.24, 2.45) is 0 Å². The van der Waals surface area contributed by atoms with Crippen LogP contribution < -0.4 is 5.32 Å². The van der Waals surface area contributed by atoms with Crippen LogP contribution in [0.4, 0.5) is 0 Å². The number of ether oxygens (including phenoxy) is 2. The number of carbonyl (C=O) groups excluding carboxylic acids is 1. The number of aliphatic hydroxyl groups is 5. The Kier molecular flexibility index (Phi) is 18.3. The number of allylic oxidation sites excluding steroid dienone is 1. The summed E-state index contributed by atoms with van der Waals surface area (Å²) in [6.07, 6.45) is 9.21. The van der Waals surface area contributed by atoms with Crippen molar-refractivity contribution in [3.05, 3.63) is 12.2 Å². The third-order valence-corrected chi connectivity index (χ3v) is 6.59. The third-order valence-electron chi connectivity index (χ3n) is 6.59. The second-order valence-electron chi connectivity index (χ2n) is 9.84. The number of unbranched alkanes of at least 4 members (excludes halogenated alkanes) is 10. The van der Waals surface area contributed by atoms with Gasteiger partial charge < -0.3 is 40.3 Å². The van der Waals surface area contributed by atoms with E-state index in [0.717, 1.165) is 32.1 Å². The summed E-state index contributed by atoms with van der Waals surface area (Å²) in [5, 5.41) is 52.8. The molecule has 1 saturated heterocycles. The van der Waals surface area contributed by atoms with Gasteiger partial charge in [-0.15, -0.1) is 0 Å². The second kappa shape index (κ2) is 20.0. The maximum Gasteiger partial charge on any atom is 0.220 e. The first-order valence-corrected chi connectivity index (χ1v) is 13.9. The predicted octanol–water partition coefficient (Wildman–Crippen LogP) is 2.32. The van der Waals surface area contributed by atoms with Crippen molar-refractivity contribution in [2.75, 3.05) is 13.2 Å². The molecule has 1 aliphatic heterocycles. The van der Waals surface area contributed by atoms with Crippen LogP contribution >= 0.6 is 0 Å². The van der Waals surface area contributed by atoms with E-state index < -0.39 is 49.5 Å². The molecule has 1 aliphatic rings. The zero-order chi connectivity index (χ0) is 26.8. The average Bonchev–Trinajstić information content (AvgIpc) is 2.87. The molecule has 212 valence electrons. The van der Waals surface area contributed by atoms with E-state index in [4.69, 9.17) is 9.47 Å².